The largest absolute Gasteiger partial charge is 0.490 e. The Balaban J connectivity index is 0.000000298. The number of halogens is 3. The third-order valence-corrected chi connectivity index (χ3v) is 6.70. The van der Waals surface area contributed by atoms with Gasteiger partial charge < -0.3 is 14.7 Å². The van der Waals surface area contributed by atoms with Crippen LogP contribution in [-0.4, -0.2) is 62.7 Å². The molecule has 1 aromatic rings. The Bertz CT molecular complexity index is 722. The highest BCUT2D eigenvalue weighted by molar-refractivity contribution is 8.01. The predicted molar refractivity (Wildman–Crippen MR) is 100 cm³/mol. The number of aliphatic carboxylic acids is 1. The van der Waals surface area contributed by atoms with Crippen LogP contribution in [0.1, 0.15) is 31.2 Å². The molecule has 1 amide bonds. The zero-order chi connectivity index (χ0) is 21.1. The molecule has 3 aliphatic rings. The lowest BCUT2D eigenvalue weighted by molar-refractivity contribution is -0.192. The number of carbonyl (C=O) groups excluding carboxylic acids is 1. The molecule has 1 spiro atoms. The Morgan fingerprint density at radius 2 is 1.90 bits per heavy atom. The minimum Gasteiger partial charge on any atom is -0.475 e. The van der Waals surface area contributed by atoms with E-state index in [-0.39, 0.29) is 4.75 Å². The number of hydrogen-bond donors (Lipinski definition) is 1. The first-order chi connectivity index (χ1) is 13.7. The topological polar surface area (TPSA) is 79.7 Å². The van der Waals surface area contributed by atoms with Crippen LogP contribution in [0.2, 0.25) is 0 Å². The van der Waals surface area contributed by atoms with Crippen LogP contribution in [0, 0.1) is 5.92 Å². The maximum absolute atomic E-state index is 12.1. The molecule has 29 heavy (non-hydrogen) atoms. The van der Waals surface area contributed by atoms with E-state index in [9.17, 15) is 18.0 Å². The summed E-state index contributed by atoms with van der Waals surface area (Å²) in [4.78, 5) is 27.1. The second-order valence-corrected chi connectivity index (χ2v) is 9.17. The van der Waals surface area contributed by atoms with Gasteiger partial charge in [-0.3, -0.25) is 9.78 Å². The van der Waals surface area contributed by atoms with Gasteiger partial charge in [0, 0.05) is 37.7 Å². The summed E-state index contributed by atoms with van der Waals surface area (Å²) >= 11 is 2.00. The molecular weight excluding hydrogens is 409 g/mol. The summed E-state index contributed by atoms with van der Waals surface area (Å²) in [6, 6.07) is 4.00. The molecule has 1 saturated carbocycles. The lowest BCUT2D eigenvalue weighted by Crippen LogP contribution is -2.60. The molecule has 2 aliphatic heterocycles. The Hall–Kier alpha value is -1.81. The second kappa shape index (κ2) is 8.91. The SMILES string of the molecule is O=C(CC1CC1)N1CC2(CC(OCc3ccncc3)CS2)C1.O=C(O)C(F)(F)F. The number of ether oxygens (including phenoxy) is 1. The van der Waals surface area contributed by atoms with E-state index in [0.29, 0.717) is 24.5 Å². The van der Waals surface area contributed by atoms with Gasteiger partial charge in [-0.25, -0.2) is 4.79 Å². The molecular formula is C19H23F3N2O4S. The van der Waals surface area contributed by atoms with Gasteiger partial charge in [-0.1, -0.05) is 0 Å². The first-order valence-corrected chi connectivity index (χ1v) is 10.4. The highest BCUT2D eigenvalue weighted by Gasteiger charge is 2.51. The van der Waals surface area contributed by atoms with Crippen LogP contribution in [0.5, 0.6) is 0 Å². The van der Waals surface area contributed by atoms with E-state index in [1.165, 1.54) is 18.4 Å². The number of alkyl halides is 3. The number of carbonyl (C=O) groups is 2. The summed E-state index contributed by atoms with van der Waals surface area (Å²) < 4.78 is 38.1. The standard InChI is InChI=1S/C17H22N2O2S.C2HF3O2/c20-16(7-13-1-2-13)19-11-17(12-19)8-15(10-22-17)21-9-14-3-5-18-6-4-14;3-2(4,5)1(6)7/h3-6,13,15H,1-2,7-12H2;(H,6,7). The molecule has 1 N–H and O–H groups in total. The van der Waals surface area contributed by atoms with Gasteiger partial charge in [0.05, 0.1) is 17.5 Å². The van der Waals surface area contributed by atoms with Crippen LogP contribution in [0.15, 0.2) is 24.5 Å². The number of nitrogens with zero attached hydrogens (tertiary/aromatic N) is 2. The van der Waals surface area contributed by atoms with Crippen LogP contribution < -0.4 is 0 Å². The van der Waals surface area contributed by atoms with Crippen molar-refractivity contribution in [2.24, 2.45) is 5.92 Å². The Kier molecular flexibility index (Phi) is 6.72. The highest BCUT2D eigenvalue weighted by atomic mass is 32.2. The van der Waals surface area contributed by atoms with Crippen molar-refractivity contribution in [3.63, 3.8) is 0 Å². The fourth-order valence-electron chi connectivity index (χ4n) is 3.35. The smallest absolute Gasteiger partial charge is 0.475 e. The van der Waals surface area contributed by atoms with Crippen LogP contribution in [0.25, 0.3) is 0 Å². The number of aromatic nitrogens is 1. The Labute approximate surface area is 170 Å². The van der Waals surface area contributed by atoms with E-state index in [1.54, 1.807) is 12.4 Å². The maximum Gasteiger partial charge on any atom is 0.490 e. The molecule has 160 valence electrons. The summed E-state index contributed by atoms with van der Waals surface area (Å²) in [5.74, 6) is -0.644. The fraction of sp³-hybridized carbons (Fsp3) is 0.632. The molecule has 0 aromatic carbocycles. The Morgan fingerprint density at radius 1 is 1.28 bits per heavy atom. The maximum atomic E-state index is 12.1. The van der Waals surface area contributed by atoms with Gasteiger partial charge in [0.25, 0.3) is 0 Å². The van der Waals surface area contributed by atoms with Crippen molar-refractivity contribution in [1.29, 1.82) is 0 Å². The number of carboxylic acids is 1. The molecule has 3 fully saturated rings. The number of hydrogen-bond acceptors (Lipinski definition) is 5. The van der Waals surface area contributed by atoms with Crippen molar-refractivity contribution in [1.82, 2.24) is 9.88 Å². The van der Waals surface area contributed by atoms with E-state index in [1.807, 2.05) is 23.9 Å². The third-order valence-electron chi connectivity index (χ3n) is 5.12. The number of amides is 1. The number of likely N-dealkylation sites (tertiary alicyclic amines) is 1. The number of rotatable bonds is 5. The molecule has 1 unspecified atom stereocenters. The van der Waals surface area contributed by atoms with E-state index in [4.69, 9.17) is 14.6 Å². The molecule has 6 nitrogen and oxygen atoms in total. The van der Waals surface area contributed by atoms with Gasteiger partial charge in [-0.15, -0.1) is 11.8 Å². The second-order valence-electron chi connectivity index (χ2n) is 7.69. The molecule has 1 aromatic heterocycles. The van der Waals surface area contributed by atoms with E-state index < -0.39 is 12.1 Å². The first kappa shape index (κ1) is 21.9. The van der Waals surface area contributed by atoms with Crippen molar-refractivity contribution in [3.05, 3.63) is 30.1 Å². The average molecular weight is 432 g/mol. The van der Waals surface area contributed by atoms with Crippen molar-refractivity contribution < 1.29 is 32.6 Å². The fourth-order valence-corrected chi connectivity index (χ4v) is 4.90. The van der Waals surface area contributed by atoms with Gasteiger partial charge in [0.1, 0.15) is 0 Å². The normalized spacial score (nSPS) is 22.6. The number of thioether (sulfide) groups is 1. The van der Waals surface area contributed by atoms with Crippen LogP contribution in [-0.2, 0) is 20.9 Å². The first-order valence-electron chi connectivity index (χ1n) is 9.39. The van der Waals surface area contributed by atoms with E-state index >= 15 is 0 Å². The molecule has 10 heteroatoms. The van der Waals surface area contributed by atoms with Crippen LogP contribution >= 0.6 is 11.8 Å². The molecule has 4 rings (SSSR count). The zero-order valence-corrected chi connectivity index (χ0v) is 16.5. The van der Waals surface area contributed by atoms with Crippen molar-refractivity contribution in [2.45, 2.75) is 49.3 Å². The lowest BCUT2D eigenvalue weighted by atomic mass is 9.92. The van der Waals surface area contributed by atoms with E-state index in [0.717, 1.165) is 31.7 Å². The molecule has 0 bridgehead atoms. The van der Waals surface area contributed by atoms with Gasteiger partial charge >= 0.3 is 12.1 Å². The van der Waals surface area contributed by atoms with Crippen molar-refractivity contribution in [2.75, 3.05) is 18.8 Å². The summed E-state index contributed by atoms with van der Waals surface area (Å²) in [7, 11) is 0. The summed E-state index contributed by atoms with van der Waals surface area (Å²) in [6.07, 6.45) is 3.21. The van der Waals surface area contributed by atoms with Crippen LogP contribution in [0.4, 0.5) is 13.2 Å². The summed E-state index contributed by atoms with van der Waals surface area (Å²) in [5.41, 5.74) is 1.18. The summed E-state index contributed by atoms with van der Waals surface area (Å²) in [5, 5.41) is 7.12. The van der Waals surface area contributed by atoms with Crippen LogP contribution in [0.3, 0.4) is 0 Å². The lowest BCUT2D eigenvalue weighted by Gasteiger charge is -2.47. The average Bonchev–Trinajstić information content (AvgIpc) is 3.34. The number of carboxylic acid groups (broad SMARTS) is 1. The van der Waals surface area contributed by atoms with Crippen molar-refractivity contribution >= 4 is 23.6 Å². The number of pyridine rings is 1. The highest BCUT2D eigenvalue weighted by Crippen LogP contribution is 2.47. The minimum absolute atomic E-state index is 0.280. The van der Waals surface area contributed by atoms with Gasteiger partial charge in [0.15, 0.2) is 0 Å². The van der Waals surface area contributed by atoms with Gasteiger partial charge in [-0.05, 0) is 42.9 Å². The quantitative estimate of drug-likeness (QED) is 0.770. The summed E-state index contributed by atoms with van der Waals surface area (Å²) in [6.45, 7) is 2.52. The Morgan fingerprint density at radius 3 is 2.45 bits per heavy atom. The van der Waals surface area contributed by atoms with Gasteiger partial charge in [-0.2, -0.15) is 13.2 Å². The molecule has 1 atom stereocenters. The van der Waals surface area contributed by atoms with Gasteiger partial charge in [0.2, 0.25) is 5.91 Å². The van der Waals surface area contributed by atoms with Crippen molar-refractivity contribution in [3.8, 4) is 0 Å². The zero-order valence-electron chi connectivity index (χ0n) is 15.7. The van der Waals surface area contributed by atoms with E-state index in [2.05, 4.69) is 9.88 Å². The monoisotopic (exact) mass is 432 g/mol. The molecule has 0 radical (unpaired) electrons. The minimum atomic E-state index is -5.08. The molecule has 1 aliphatic carbocycles. The predicted octanol–water partition coefficient (Wildman–Crippen LogP) is 3.12. The molecule has 3 heterocycles. The third kappa shape index (κ3) is 6.33. The molecule has 2 saturated heterocycles.